The Kier molecular flexibility index (Phi) is 5.80. The highest BCUT2D eigenvalue weighted by molar-refractivity contribution is 5.78. The summed E-state index contributed by atoms with van der Waals surface area (Å²) < 4.78 is 10.7. The van der Waals surface area contributed by atoms with Crippen molar-refractivity contribution < 1.29 is 14.3 Å². The molecule has 0 bridgehead atoms. The van der Waals surface area contributed by atoms with Gasteiger partial charge in [0.2, 0.25) is 0 Å². The van der Waals surface area contributed by atoms with Gasteiger partial charge in [-0.2, -0.15) is 0 Å². The molecule has 0 saturated carbocycles. The molecule has 19 heavy (non-hydrogen) atoms. The standard InChI is InChI=1S/C15H23NO3/c1-6-18-15(17)14(10(2)3)12-7-13(9-16-8-12)19-11(4)5/h7-11,14H,6H2,1-5H3. The molecule has 1 aromatic heterocycles. The molecule has 1 atom stereocenters. The van der Waals surface area contributed by atoms with Gasteiger partial charge in [-0.25, -0.2) is 0 Å². The number of aromatic nitrogens is 1. The molecule has 0 fully saturated rings. The van der Waals surface area contributed by atoms with Crippen molar-refractivity contribution in [1.82, 2.24) is 4.98 Å². The Morgan fingerprint density at radius 3 is 2.47 bits per heavy atom. The molecule has 1 unspecified atom stereocenters. The van der Waals surface area contributed by atoms with Gasteiger partial charge >= 0.3 is 5.97 Å². The van der Waals surface area contributed by atoms with Gasteiger partial charge in [0.25, 0.3) is 0 Å². The summed E-state index contributed by atoms with van der Waals surface area (Å²) in [6, 6.07) is 1.87. The molecule has 0 amide bonds. The smallest absolute Gasteiger partial charge is 0.313 e. The molecule has 0 aromatic carbocycles. The first kappa shape index (κ1) is 15.5. The van der Waals surface area contributed by atoms with Gasteiger partial charge < -0.3 is 9.47 Å². The first-order chi connectivity index (χ1) is 8.95. The van der Waals surface area contributed by atoms with E-state index < -0.39 is 0 Å². The molecule has 0 N–H and O–H groups in total. The molecule has 0 radical (unpaired) electrons. The lowest BCUT2D eigenvalue weighted by atomic mass is 9.89. The topological polar surface area (TPSA) is 48.4 Å². The molecule has 4 heteroatoms. The molecule has 1 rings (SSSR count). The quantitative estimate of drug-likeness (QED) is 0.741. The molecule has 0 aliphatic rings. The lowest BCUT2D eigenvalue weighted by Gasteiger charge is -2.20. The Labute approximate surface area is 115 Å². The van der Waals surface area contributed by atoms with Crippen LogP contribution in [-0.4, -0.2) is 23.7 Å². The third-order valence-electron chi connectivity index (χ3n) is 2.67. The van der Waals surface area contributed by atoms with Crippen molar-refractivity contribution in [3.05, 3.63) is 24.0 Å². The van der Waals surface area contributed by atoms with Crippen LogP contribution in [0, 0.1) is 5.92 Å². The summed E-state index contributed by atoms with van der Waals surface area (Å²) >= 11 is 0. The van der Waals surface area contributed by atoms with Crippen molar-refractivity contribution >= 4 is 5.97 Å². The number of ether oxygens (including phenoxy) is 2. The molecular weight excluding hydrogens is 242 g/mol. The number of pyridine rings is 1. The minimum absolute atomic E-state index is 0.0807. The Balaban J connectivity index is 2.99. The SMILES string of the molecule is CCOC(=O)C(c1cncc(OC(C)C)c1)C(C)C. The highest BCUT2D eigenvalue weighted by Gasteiger charge is 2.26. The monoisotopic (exact) mass is 265 g/mol. The summed E-state index contributed by atoms with van der Waals surface area (Å²) in [4.78, 5) is 16.2. The van der Waals surface area contributed by atoms with Gasteiger partial charge in [0.1, 0.15) is 5.75 Å². The maximum Gasteiger partial charge on any atom is 0.313 e. The van der Waals surface area contributed by atoms with E-state index >= 15 is 0 Å². The molecule has 106 valence electrons. The summed E-state index contributed by atoms with van der Waals surface area (Å²) in [6.07, 6.45) is 3.44. The molecule has 0 aliphatic carbocycles. The number of rotatable bonds is 6. The fourth-order valence-electron chi connectivity index (χ4n) is 1.97. The van der Waals surface area contributed by atoms with Crippen LogP contribution in [0.15, 0.2) is 18.5 Å². The average Bonchev–Trinajstić information content (AvgIpc) is 2.28. The van der Waals surface area contributed by atoms with Gasteiger partial charge in [0, 0.05) is 6.20 Å². The lowest BCUT2D eigenvalue weighted by Crippen LogP contribution is -2.21. The zero-order valence-electron chi connectivity index (χ0n) is 12.3. The zero-order chi connectivity index (χ0) is 14.4. The van der Waals surface area contributed by atoms with E-state index in [1.165, 1.54) is 0 Å². The molecule has 0 saturated heterocycles. The Morgan fingerprint density at radius 1 is 1.26 bits per heavy atom. The number of esters is 1. The fraction of sp³-hybridized carbons (Fsp3) is 0.600. The van der Waals surface area contributed by atoms with E-state index in [-0.39, 0.29) is 23.9 Å². The molecule has 1 aromatic rings. The van der Waals surface area contributed by atoms with Crippen LogP contribution in [0.3, 0.4) is 0 Å². The first-order valence-electron chi connectivity index (χ1n) is 6.74. The van der Waals surface area contributed by atoms with Crippen LogP contribution in [0.4, 0.5) is 0 Å². The van der Waals surface area contributed by atoms with Crippen LogP contribution in [0.25, 0.3) is 0 Å². The largest absolute Gasteiger partial charge is 0.489 e. The van der Waals surface area contributed by atoms with Gasteiger partial charge in [0.05, 0.1) is 24.8 Å². The number of nitrogens with zero attached hydrogens (tertiary/aromatic N) is 1. The van der Waals surface area contributed by atoms with Gasteiger partial charge in [-0.3, -0.25) is 9.78 Å². The number of hydrogen-bond donors (Lipinski definition) is 0. The van der Waals surface area contributed by atoms with Crippen LogP contribution >= 0.6 is 0 Å². The van der Waals surface area contributed by atoms with Crippen LogP contribution in [0.5, 0.6) is 5.75 Å². The van der Waals surface area contributed by atoms with E-state index in [1.807, 2.05) is 40.7 Å². The van der Waals surface area contributed by atoms with E-state index in [0.29, 0.717) is 12.4 Å². The van der Waals surface area contributed by atoms with E-state index in [0.717, 1.165) is 5.56 Å². The van der Waals surface area contributed by atoms with Gasteiger partial charge in [0.15, 0.2) is 0 Å². The third-order valence-corrected chi connectivity index (χ3v) is 2.67. The molecule has 1 heterocycles. The molecule has 0 aliphatic heterocycles. The summed E-state index contributed by atoms with van der Waals surface area (Å²) in [5.41, 5.74) is 0.839. The number of carbonyl (C=O) groups excluding carboxylic acids is 1. The summed E-state index contributed by atoms with van der Waals surface area (Å²) in [5, 5.41) is 0. The Bertz CT molecular complexity index is 416. The average molecular weight is 265 g/mol. The Morgan fingerprint density at radius 2 is 1.95 bits per heavy atom. The zero-order valence-corrected chi connectivity index (χ0v) is 12.3. The predicted molar refractivity (Wildman–Crippen MR) is 74.2 cm³/mol. The van der Waals surface area contributed by atoms with Crippen molar-refractivity contribution in [2.75, 3.05) is 6.61 Å². The fourth-order valence-corrected chi connectivity index (χ4v) is 1.97. The van der Waals surface area contributed by atoms with Crippen molar-refractivity contribution in [2.24, 2.45) is 5.92 Å². The summed E-state index contributed by atoms with van der Waals surface area (Å²) in [5.74, 6) is 0.321. The second kappa shape index (κ2) is 7.12. The number of carbonyl (C=O) groups is 1. The van der Waals surface area contributed by atoms with Crippen molar-refractivity contribution in [1.29, 1.82) is 0 Å². The maximum absolute atomic E-state index is 12.0. The normalized spacial score (nSPS) is 12.6. The van der Waals surface area contributed by atoms with Gasteiger partial charge in [-0.1, -0.05) is 13.8 Å². The molecular formula is C15H23NO3. The van der Waals surface area contributed by atoms with E-state index in [9.17, 15) is 4.79 Å². The van der Waals surface area contributed by atoms with E-state index in [2.05, 4.69) is 4.98 Å². The minimum Gasteiger partial charge on any atom is -0.489 e. The third kappa shape index (κ3) is 4.54. The molecule has 4 nitrogen and oxygen atoms in total. The van der Waals surface area contributed by atoms with Gasteiger partial charge in [-0.15, -0.1) is 0 Å². The van der Waals surface area contributed by atoms with Crippen LogP contribution in [-0.2, 0) is 9.53 Å². The van der Waals surface area contributed by atoms with Crippen LogP contribution in [0.2, 0.25) is 0 Å². The lowest BCUT2D eigenvalue weighted by molar-refractivity contribution is -0.146. The first-order valence-corrected chi connectivity index (χ1v) is 6.74. The highest BCUT2D eigenvalue weighted by atomic mass is 16.5. The Hall–Kier alpha value is -1.58. The number of hydrogen-bond acceptors (Lipinski definition) is 4. The van der Waals surface area contributed by atoms with Crippen molar-refractivity contribution in [2.45, 2.75) is 46.6 Å². The van der Waals surface area contributed by atoms with E-state index in [1.54, 1.807) is 12.4 Å². The van der Waals surface area contributed by atoms with Crippen molar-refractivity contribution in [3.63, 3.8) is 0 Å². The van der Waals surface area contributed by atoms with E-state index in [4.69, 9.17) is 9.47 Å². The summed E-state index contributed by atoms with van der Waals surface area (Å²) in [6.45, 7) is 10.1. The molecule has 0 spiro atoms. The van der Waals surface area contributed by atoms with Crippen LogP contribution < -0.4 is 4.74 Å². The van der Waals surface area contributed by atoms with Crippen molar-refractivity contribution in [3.8, 4) is 5.75 Å². The second-order valence-corrected chi connectivity index (χ2v) is 5.09. The van der Waals surface area contributed by atoms with Crippen LogP contribution in [0.1, 0.15) is 46.1 Å². The summed E-state index contributed by atoms with van der Waals surface area (Å²) in [7, 11) is 0. The predicted octanol–water partition coefficient (Wildman–Crippen LogP) is 3.17. The maximum atomic E-state index is 12.0. The van der Waals surface area contributed by atoms with Gasteiger partial charge in [-0.05, 0) is 38.3 Å². The second-order valence-electron chi connectivity index (χ2n) is 5.09. The minimum atomic E-state index is -0.303. The highest BCUT2D eigenvalue weighted by Crippen LogP contribution is 2.28.